The lowest BCUT2D eigenvalue weighted by molar-refractivity contribution is -0.0504. The van der Waals surface area contributed by atoms with Gasteiger partial charge in [-0.1, -0.05) is 17.7 Å². The van der Waals surface area contributed by atoms with Crippen LogP contribution in [0.2, 0.25) is 5.02 Å². The van der Waals surface area contributed by atoms with Gasteiger partial charge >= 0.3 is 12.6 Å². The first kappa shape index (κ1) is 12.7. The zero-order valence-electron chi connectivity index (χ0n) is 8.38. The van der Waals surface area contributed by atoms with E-state index in [0.29, 0.717) is 0 Å². The second kappa shape index (κ2) is 5.65. The second-order valence-corrected chi connectivity index (χ2v) is 3.12. The van der Waals surface area contributed by atoms with Crippen molar-refractivity contribution >= 4 is 17.6 Å². The molecule has 0 fully saturated rings. The van der Waals surface area contributed by atoms with Crippen LogP contribution in [0.3, 0.4) is 0 Å². The summed E-state index contributed by atoms with van der Waals surface area (Å²) in [5.74, 6) is -1.08. The lowest BCUT2D eigenvalue weighted by Gasteiger charge is -2.10. The average molecular weight is 251 g/mol. The second-order valence-electron chi connectivity index (χ2n) is 2.71. The zero-order valence-corrected chi connectivity index (χ0v) is 9.13. The molecule has 0 N–H and O–H groups in total. The van der Waals surface area contributed by atoms with Crippen molar-refractivity contribution in [1.29, 1.82) is 0 Å². The third-order valence-corrected chi connectivity index (χ3v) is 1.99. The monoisotopic (exact) mass is 250 g/mol. The standard InChI is InChI=1S/C10H9ClF2O3/c1-2-15-9(14)8-6(11)4-3-5-7(8)16-10(12)13/h3-5,10H,2H2,1H3. The Morgan fingerprint density at radius 1 is 1.50 bits per heavy atom. The number of hydrogen-bond donors (Lipinski definition) is 0. The van der Waals surface area contributed by atoms with Crippen molar-refractivity contribution in [2.24, 2.45) is 0 Å². The third-order valence-electron chi connectivity index (χ3n) is 1.67. The predicted molar refractivity (Wildman–Crippen MR) is 54.0 cm³/mol. The van der Waals surface area contributed by atoms with Crippen LogP contribution in [0.4, 0.5) is 8.78 Å². The molecule has 0 saturated carbocycles. The van der Waals surface area contributed by atoms with E-state index in [9.17, 15) is 13.6 Å². The van der Waals surface area contributed by atoms with E-state index in [4.69, 9.17) is 11.6 Å². The number of rotatable bonds is 4. The quantitative estimate of drug-likeness (QED) is 0.770. The van der Waals surface area contributed by atoms with E-state index >= 15 is 0 Å². The van der Waals surface area contributed by atoms with Crippen molar-refractivity contribution < 1.29 is 23.0 Å². The van der Waals surface area contributed by atoms with Crippen LogP contribution in [-0.2, 0) is 4.74 Å². The van der Waals surface area contributed by atoms with Crippen LogP contribution in [0.25, 0.3) is 0 Å². The summed E-state index contributed by atoms with van der Waals surface area (Å²) in [5, 5.41) is 0.0107. The molecule has 88 valence electrons. The Hall–Kier alpha value is -1.36. The van der Waals surface area contributed by atoms with Gasteiger partial charge in [-0.15, -0.1) is 0 Å². The maximum Gasteiger partial charge on any atom is 0.387 e. The van der Waals surface area contributed by atoms with Gasteiger partial charge in [0.15, 0.2) is 0 Å². The highest BCUT2D eigenvalue weighted by Gasteiger charge is 2.19. The Kier molecular flexibility index (Phi) is 4.49. The number of carbonyl (C=O) groups is 1. The number of esters is 1. The fourth-order valence-electron chi connectivity index (χ4n) is 1.10. The molecule has 0 aliphatic heterocycles. The molecule has 0 aliphatic rings. The summed E-state index contributed by atoms with van der Waals surface area (Å²) in [5.41, 5.74) is -0.189. The highest BCUT2D eigenvalue weighted by molar-refractivity contribution is 6.34. The molecule has 0 heterocycles. The molecule has 6 heteroatoms. The normalized spacial score (nSPS) is 10.3. The minimum atomic E-state index is -3.02. The molecule has 0 spiro atoms. The molecule has 0 aromatic heterocycles. The van der Waals surface area contributed by atoms with E-state index in [0.717, 1.165) is 0 Å². The Bertz CT molecular complexity index is 382. The lowest BCUT2D eigenvalue weighted by Crippen LogP contribution is -2.11. The van der Waals surface area contributed by atoms with E-state index in [1.807, 2.05) is 0 Å². The van der Waals surface area contributed by atoms with Gasteiger partial charge in [0.1, 0.15) is 11.3 Å². The SMILES string of the molecule is CCOC(=O)c1c(Cl)cccc1OC(F)F. The maximum absolute atomic E-state index is 12.1. The number of ether oxygens (including phenoxy) is 2. The molecule has 0 bridgehead atoms. The van der Waals surface area contributed by atoms with Crippen LogP contribution < -0.4 is 4.74 Å². The van der Waals surface area contributed by atoms with E-state index in [1.165, 1.54) is 18.2 Å². The molecular weight excluding hydrogens is 242 g/mol. The van der Waals surface area contributed by atoms with Crippen LogP contribution in [-0.4, -0.2) is 19.2 Å². The predicted octanol–water partition coefficient (Wildman–Crippen LogP) is 3.12. The van der Waals surface area contributed by atoms with Gasteiger partial charge in [-0.05, 0) is 19.1 Å². The van der Waals surface area contributed by atoms with Crippen molar-refractivity contribution in [2.75, 3.05) is 6.61 Å². The van der Waals surface area contributed by atoms with Crippen molar-refractivity contribution in [3.8, 4) is 5.75 Å². The molecule has 0 unspecified atom stereocenters. The average Bonchev–Trinajstić information content (AvgIpc) is 2.16. The summed E-state index contributed by atoms with van der Waals surface area (Å²) >= 11 is 5.72. The van der Waals surface area contributed by atoms with E-state index in [-0.39, 0.29) is 22.9 Å². The van der Waals surface area contributed by atoms with Crippen LogP contribution in [0, 0.1) is 0 Å². The minimum absolute atomic E-state index is 0.0107. The van der Waals surface area contributed by atoms with Crippen LogP contribution >= 0.6 is 11.6 Å². The Morgan fingerprint density at radius 2 is 2.19 bits per heavy atom. The molecular formula is C10H9ClF2O3. The number of carbonyl (C=O) groups excluding carboxylic acids is 1. The van der Waals surface area contributed by atoms with E-state index < -0.39 is 12.6 Å². The van der Waals surface area contributed by atoms with Gasteiger partial charge in [-0.3, -0.25) is 0 Å². The number of halogens is 3. The molecule has 1 rings (SSSR count). The van der Waals surface area contributed by atoms with Gasteiger partial charge in [0.25, 0.3) is 0 Å². The van der Waals surface area contributed by atoms with Gasteiger partial charge in [0.05, 0.1) is 11.6 Å². The van der Waals surface area contributed by atoms with Crippen molar-refractivity contribution in [3.05, 3.63) is 28.8 Å². The van der Waals surface area contributed by atoms with Gasteiger partial charge in [0, 0.05) is 0 Å². The lowest BCUT2D eigenvalue weighted by atomic mass is 10.2. The first-order chi connectivity index (χ1) is 7.56. The van der Waals surface area contributed by atoms with Crippen molar-refractivity contribution in [1.82, 2.24) is 0 Å². The van der Waals surface area contributed by atoms with Crippen LogP contribution in [0.1, 0.15) is 17.3 Å². The zero-order chi connectivity index (χ0) is 12.1. The summed E-state index contributed by atoms with van der Waals surface area (Å²) < 4.78 is 33.0. The topological polar surface area (TPSA) is 35.5 Å². The van der Waals surface area contributed by atoms with Gasteiger partial charge in [-0.2, -0.15) is 8.78 Å². The summed E-state index contributed by atoms with van der Waals surface area (Å²) in [7, 11) is 0. The molecule has 0 amide bonds. The summed E-state index contributed by atoms with van der Waals surface area (Å²) in [4.78, 5) is 11.4. The summed E-state index contributed by atoms with van der Waals surface area (Å²) in [6, 6.07) is 4.03. The Morgan fingerprint density at radius 3 is 2.75 bits per heavy atom. The van der Waals surface area contributed by atoms with Crippen LogP contribution in [0.5, 0.6) is 5.75 Å². The molecule has 0 saturated heterocycles. The third kappa shape index (κ3) is 3.06. The summed E-state index contributed by atoms with van der Waals surface area (Å²) in [6.07, 6.45) is 0. The summed E-state index contributed by atoms with van der Waals surface area (Å²) in [6.45, 7) is -1.30. The molecule has 3 nitrogen and oxygen atoms in total. The molecule has 16 heavy (non-hydrogen) atoms. The van der Waals surface area contributed by atoms with Gasteiger partial charge in [-0.25, -0.2) is 4.79 Å². The highest BCUT2D eigenvalue weighted by Crippen LogP contribution is 2.28. The maximum atomic E-state index is 12.1. The van der Waals surface area contributed by atoms with Gasteiger partial charge in [0.2, 0.25) is 0 Å². The molecule has 1 aromatic rings. The van der Waals surface area contributed by atoms with Crippen LogP contribution in [0.15, 0.2) is 18.2 Å². The first-order valence-electron chi connectivity index (χ1n) is 4.46. The molecule has 0 aliphatic carbocycles. The minimum Gasteiger partial charge on any atom is -0.462 e. The Balaban J connectivity index is 3.07. The fourth-order valence-corrected chi connectivity index (χ4v) is 1.34. The number of alkyl halides is 2. The van der Waals surface area contributed by atoms with Crippen molar-refractivity contribution in [3.63, 3.8) is 0 Å². The van der Waals surface area contributed by atoms with E-state index in [2.05, 4.69) is 9.47 Å². The largest absolute Gasteiger partial charge is 0.462 e. The number of benzene rings is 1. The fraction of sp³-hybridized carbons (Fsp3) is 0.300. The number of hydrogen-bond acceptors (Lipinski definition) is 3. The van der Waals surface area contributed by atoms with E-state index in [1.54, 1.807) is 6.92 Å². The smallest absolute Gasteiger partial charge is 0.387 e. The molecule has 1 aromatic carbocycles. The highest BCUT2D eigenvalue weighted by atomic mass is 35.5. The molecule has 0 atom stereocenters. The van der Waals surface area contributed by atoms with Crippen molar-refractivity contribution in [2.45, 2.75) is 13.5 Å². The Labute approximate surface area is 95.9 Å². The van der Waals surface area contributed by atoms with Gasteiger partial charge < -0.3 is 9.47 Å². The first-order valence-corrected chi connectivity index (χ1v) is 4.84. The molecule has 0 radical (unpaired) electrons.